The zero-order valence-corrected chi connectivity index (χ0v) is 12.0. The second-order valence-corrected chi connectivity index (χ2v) is 4.33. The average molecular weight is 280 g/mol. The highest BCUT2D eigenvalue weighted by Gasteiger charge is 2.07. The minimum absolute atomic E-state index is 0. The quantitative estimate of drug-likeness (QED) is 0.392. The number of nitrogens with two attached hydrogens (primary N) is 1. The number of anilines is 1. The smallest absolute Gasteiger partial charge is 0.301 e. The molecule has 0 aliphatic heterocycles. The van der Waals surface area contributed by atoms with E-state index in [4.69, 9.17) is 5.84 Å². The van der Waals surface area contributed by atoms with E-state index in [-0.39, 0.29) is 12.4 Å². The van der Waals surface area contributed by atoms with E-state index in [1.54, 1.807) is 10.9 Å². The lowest BCUT2D eigenvalue weighted by molar-refractivity contribution is -0.645. The number of benzene rings is 1. The van der Waals surface area contributed by atoms with Gasteiger partial charge in [0, 0.05) is 26.7 Å². The third kappa shape index (κ3) is 3.48. The highest BCUT2D eigenvalue weighted by atomic mass is 35.5. The van der Waals surface area contributed by atoms with Crippen LogP contribution in [0.15, 0.2) is 41.8 Å². The van der Waals surface area contributed by atoms with Crippen molar-refractivity contribution in [3.63, 3.8) is 0 Å². The topological polar surface area (TPSA) is 50.4 Å². The van der Waals surface area contributed by atoms with Crippen LogP contribution in [0, 0.1) is 6.92 Å². The van der Waals surface area contributed by atoms with Crippen LogP contribution in [0.3, 0.4) is 0 Å². The predicted octanol–water partition coefficient (Wildman–Crippen LogP) is -2.25. The molecule has 2 rings (SSSR count). The van der Waals surface area contributed by atoms with E-state index in [1.165, 1.54) is 10.4 Å². The van der Waals surface area contributed by atoms with Gasteiger partial charge < -0.3 is 17.3 Å². The summed E-state index contributed by atoms with van der Waals surface area (Å²) in [5.74, 6) is 6.55. The number of imidazole rings is 1. The number of aromatic nitrogens is 2. The van der Waals surface area contributed by atoms with E-state index in [2.05, 4.69) is 22.1 Å². The molecule has 0 aliphatic rings. The molecular weight excluding hydrogens is 262 g/mol. The fourth-order valence-electron chi connectivity index (χ4n) is 1.58. The van der Waals surface area contributed by atoms with Crippen LogP contribution in [0.2, 0.25) is 0 Å². The summed E-state index contributed by atoms with van der Waals surface area (Å²) in [6.45, 7) is 1.91. The molecule has 0 radical (unpaired) electrons. The van der Waals surface area contributed by atoms with Gasteiger partial charge in [-0.05, 0) is 17.7 Å². The first kappa shape index (κ1) is 15.0. The highest BCUT2D eigenvalue weighted by Crippen LogP contribution is 2.10. The van der Waals surface area contributed by atoms with Crippen molar-refractivity contribution in [1.82, 2.24) is 4.68 Å². The Labute approximate surface area is 119 Å². The van der Waals surface area contributed by atoms with Crippen LogP contribution < -0.4 is 27.8 Å². The first-order valence-corrected chi connectivity index (χ1v) is 5.74. The maximum absolute atomic E-state index is 5.68. The molecule has 0 atom stereocenters. The molecule has 1 aromatic heterocycles. The predicted molar refractivity (Wildman–Crippen MR) is 73.3 cm³/mol. The Morgan fingerprint density at radius 3 is 2.37 bits per heavy atom. The van der Waals surface area contributed by atoms with Crippen molar-refractivity contribution < 1.29 is 17.1 Å². The number of nitrogen functional groups attached to an aromatic ring is 1. The van der Waals surface area contributed by atoms with Gasteiger partial charge in [-0.1, -0.05) is 17.2 Å². The molecule has 6 heteroatoms. The van der Waals surface area contributed by atoms with E-state index >= 15 is 0 Å². The summed E-state index contributed by atoms with van der Waals surface area (Å²) in [7, 11) is 4.04. The normalized spacial score (nSPS) is 10.5. The molecule has 0 aliphatic carbocycles. The number of halogens is 1. The van der Waals surface area contributed by atoms with Gasteiger partial charge in [0.15, 0.2) is 12.4 Å². The first-order valence-electron chi connectivity index (χ1n) is 5.74. The second-order valence-electron chi connectivity index (χ2n) is 4.33. The molecule has 0 unspecified atom stereocenters. The molecule has 102 valence electrons. The third-order valence-electron chi connectivity index (χ3n) is 2.81. The number of nitrogens with zero attached hydrogens (tertiary/aromatic N) is 4. The summed E-state index contributed by atoms with van der Waals surface area (Å²) < 4.78 is 3.27. The fraction of sp³-hybridized carbons (Fsp3) is 0.231. The van der Waals surface area contributed by atoms with Crippen molar-refractivity contribution in [2.45, 2.75) is 6.92 Å². The lowest BCUT2D eigenvalue weighted by Crippen LogP contribution is -3.00. The van der Waals surface area contributed by atoms with Crippen molar-refractivity contribution >= 4 is 11.9 Å². The summed E-state index contributed by atoms with van der Waals surface area (Å²) in [6, 6.07) is 8.20. The SMILES string of the molecule is Cc1n(N=Cc2ccc(N(C)C)cc2)cc[n+]1N.[Cl-]. The van der Waals surface area contributed by atoms with E-state index < -0.39 is 0 Å². The molecule has 1 aromatic carbocycles. The Bertz CT molecular complexity index is 557. The first-order chi connectivity index (χ1) is 8.58. The Morgan fingerprint density at radius 2 is 1.89 bits per heavy atom. The van der Waals surface area contributed by atoms with Crippen molar-refractivity contribution in [1.29, 1.82) is 0 Å². The van der Waals surface area contributed by atoms with Gasteiger partial charge in [0.2, 0.25) is 0 Å². The molecule has 0 saturated carbocycles. The van der Waals surface area contributed by atoms with Crippen LogP contribution in [-0.4, -0.2) is 25.0 Å². The molecule has 2 aromatic rings. The summed E-state index contributed by atoms with van der Waals surface area (Å²) >= 11 is 0. The van der Waals surface area contributed by atoms with Gasteiger partial charge in [0.25, 0.3) is 0 Å². The van der Waals surface area contributed by atoms with Crippen molar-refractivity contribution in [3.05, 3.63) is 48.0 Å². The fourth-order valence-corrected chi connectivity index (χ4v) is 1.58. The molecule has 1 heterocycles. The third-order valence-corrected chi connectivity index (χ3v) is 2.81. The lowest BCUT2D eigenvalue weighted by atomic mass is 10.2. The van der Waals surface area contributed by atoms with Crippen LogP contribution in [0.4, 0.5) is 5.69 Å². The van der Waals surface area contributed by atoms with Crippen LogP contribution in [0.5, 0.6) is 0 Å². The van der Waals surface area contributed by atoms with Gasteiger partial charge in [0.05, 0.1) is 6.21 Å². The maximum Gasteiger partial charge on any atom is 0.301 e. The van der Waals surface area contributed by atoms with E-state index in [1.807, 2.05) is 45.6 Å². The van der Waals surface area contributed by atoms with Crippen LogP contribution >= 0.6 is 0 Å². The number of hydrogen-bond acceptors (Lipinski definition) is 3. The monoisotopic (exact) mass is 279 g/mol. The van der Waals surface area contributed by atoms with E-state index in [0.29, 0.717) is 0 Å². The Morgan fingerprint density at radius 1 is 1.26 bits per heavy atom. The van der Waals surface area contributed by atoms with Gasteiger partial charge in [-0.25, -0.2) is 0 Å². The molecule has 5 nitrogen and oxygen atoms in total. The summed E-state index contributed by atoms with van der Waals surface area (Å²) in [5, 5.41) is 4.35. The molecule has 0 bridgehead atoms. The molecule has 2 N–H and O–H groups in total. The zero-order chi connectivity index (χ0) is 13.1. The molecule has 19 heavy (non-hydrogen) atoms. The highest BCUT2D eigenvalue weighted by molar-refractivity contribution is 5.80. The van der Waals surface area contributed by atoms with Gasteiger partial charge in [-0.15, -0.1) is 9.35 Å². The maximum atomic E-state index is 5.68. The van der Waals surface area contributed by atoms with Gasteiger partial charge in [-0.3, -0.25) is 5.84 Å². The Hall–Kier alpha value is -2.01. The van der Waals surface area contributed by atoms with Crippen molar-refractivity contribution in [3.8, 4) is 0 Å². The number of hydrogen-bond donors (Lipinski definition) is 1. The standard InChI is InChI=1S/C13H18N5.ClH/c1-11-17(14)8-9-18(11)15-10-12-4-6-13(7-5-12)16(2)3;/h4-10H,14H2,1-3H3;1H/q+1;/p-1. The minimum atomic E-state index is 0. The summed E-state index contributed by atoms with van der Waals surface area (Å²) in [4.78, 5) is 2.06. The Kier molecular flexibility index (Phi) is 4.94. The van der Waals surface area contributed by atoms with Gasteiger partial charge in [-0.2, -0.15) is 0 Å². The Balaban J connectivity index is 0.00000180. The van der Waals surface area contributed by atoms with E-state index in [9.17, 15) is 0 Å². The molecule has 0 amide bonds. The zero-order valence-electron chi connectivity index (χ0n) is 11.3. The lowest BCUT2D eigenvalue weighted by Gasteiger charge is -2.11. The average Bonchev–Trinajstić information content (AvgIpc) is 2.68. The largest absolute Gasteiger partial charge is 1.00 e. The van der Waals surface area contributed by atoms with Crippen molar-refractivity contribution in [2.24, 2.45) is 5.10 Å². The van der Waals surface area contributed by atoms with Crippen molar-refractivity contribution in [2.75, 3.05) is 24.8 Å². The van der Waals surface area contributed by atoms with Crippen LogP contribution in [-0.2, 0) is 0 Å². The van der Waals surface area contributed by atoms with Crippen LogP contribution in [0.25, 0.3) is 0 Å². The summed E-state index contributed by atoms with van der Waals surface area (Å²) in [5.41, 5.74) is 2.22. The summed E-state index contributed by atoms with van der Waals surface area (Å²) in [6.07, 6.45) is 5.40. The minimum Gasteiger partial charge on any atom is -1.00 e. The van der Waals surface area contributed by atoms with Gasteiger partial charge in [0.1, 0.15) is 0 Å². The molecule has 0 saturated heterocycles. The second kappa shape index (κ2) is 6.24. The van der Waals surface area contributed by atoms with Crippen LogP contribution in [0.1, 0.15) is 11.4 Å². The number of rotatable bonds is 3. The molecular formula is C13H18ClN5. The van der Waals surface area contributed by atoms with Gasteiger partial charge >= 0.3 is 5.82 Å². The molecule has 0 spiro atoms. The van der Waals surface area contributed by atoms with E-state index in [0.717, 1.165) is 11.4 Å². The molecule has 0 fully saturated rings.